The molecule has 0 rings (SSSR count). The van der Waals surface area contributed by atoms with E-state index in [9.17, 15) is 4.79 Å². The lowest BCUT2D eigenvalue weighted by molar-refractivity contribution is -0.137. The number of unbranched alkanes of at least 4 members (excludes halogenated alkanes) is 15. The van der Waals surface area contributed by atoms with Crippen LogP contribution in [0.4, 0.5) is 0 Å². The van der Waals surface area contributed by atoms with Crippen LogP contribution in [0, 0.1) is 0 Å². The second kappa shape index (κ2) is 26.7. The number of ether oxygens (including phenoxy) is 1. The normalized spacial score (nSPS) is 11.2. The summed E-state index contributed by atoms with van der Waals surface area (Å²) in [5.74, 6) is -0.248. The van der Waals surface area contributed by atoms with Gasteiger partial charge in [0, 0.05) is 13.3 Å². The molecular formula is C29H58BrO2P. The topological polar surface area (TPSA) is 26.3 Å². The second-order valence-electron chi connectivity index (χ2n) is 9.91. The van der Waals surface area contributed by atoms with E-state index in [0.29, 0.717) is 6.61 Å². The Labute approximate surface area is 219 Å². The van der Waals surface area contributed by atoms with Crippen LogP contribution in [0.5, 0.6) is 0 Å². The maximum atomic E-state index is 11.7. The summed E-state index contributed by atoms with van der Waals surface area (Å²) in [7, 11) is -1.04. The average molecular weight is 550 g/mol. The lowest BCUT2D eigenvalue weighted by atomic mass is 10.1. The van der Waals surface area contributed by atoms with Crippen molar-refractivity contribution in [3.05, 3.63) is 12.7 Å². The maximum absolute atomic E-state index is 11.7. The van der Waals surface area contributed by atoms with Crippen molar-refractivity contribution in [2.45, 2.75) is 136 Å². The summed E-state index contributed by atoms with van der Waals surface area (Å²) in [6, 6.07) is 0. The highest BCUT2D eigenvalue weighted by atomic mass is 79.9. The van der Waals surface area contributed by atoms with Crippen LogP contribution in [0.25, 0.3) is 0 Å². The molecule has 0 spiro atoms. The van der Waals surface area contributed by atoms with Crippen LogP contribution in [0.1, 0.15) is 136 Å². The molecule has 0 aliphatic carbocycles. The van der Waals surface area contributed by atoms with Crippen LogP contribution in [-0.4, -0.2) is 37.2 Å². The van der Waals surface area contributed by atoms with Gasteiger partial charge in [-0.1, -0.05) is 104 Å². The average Bonchev–Trinajstić information content (AvgIpc) is 2.80. The quantitative estimate of drug-likeness (QED) is 0.0541. The first-order valence-electron chi connectivity index (χ1n) is 14.3. The van der Waals surface area contributed by atoms with E-state index in [2.05, 4.69) is 27.4 Å². The van der Waals surface area contributed by atoms with Crippen molar-refractivity contribution in [2.75, 3.05) is 31.3 Å². The molecule has 0 saturated heterocycles. The second-order valence-corrected chi connectivity index (χ2v) is 14.4. The van der Waals surface area contributed by atoms with Gasteiger partial charge in [-0.2, -0.15) is 0 Å². The first-order valence-corrected chi connectivity index (χ1v) is 16.8. The monoisotopic (exact) mass is 548 g/mol. The molecule has 33 heavy (non-hydrogen) atoms. The van der Waals surface area contributed by atoms with Crippen LogP contribution < -0.4 is 17.0 Å². The Morgan fingerprint density at radius 3 is 1.27 bits per heavy atom. The lowest BCUT2D eigenvalue weighted by Gasteiger charge is -2.28. The molecule has 0 radical (unpaired) electrons. The Morgan fingerprint density at radius 2 is 0.939 bits per heavy atom. The van der Waals surface area contributed by atoms with Gasteiger partial charge in [0.2, 0.25) is 0 Å². The van der Waals surface area contributed by atoms with Gasteiger partial charge in [0.25, 0.3) is 0 Å². The van der Waals surface area contributed by atoms with Gasteiger partial charge in [0.1, 0.15) is 6.61 Å². The summed E-state index contributed by atoms with van der Waals surface area (Å²) in [4.78, 5) is 11.7. The fourth-order valence-electron chi connectivity index (χ4n) is 4.75. The van der Waals surface area contributed by atoms with Crippen molar-refractivity contribution < 1.29 is 26.5 Å². The van der Waals surface area contributed by atoms with Gasteiger partial charge in [-0.3, -0.25) is 0 Å². The minimum atomic E-state index is -1.04. The van der Waals surface area contributed by atoms with E-state index in [-0.39, 0.29) is 23.0 Å². The highest BCUT2D eigenvalue weighted by Gasteiger charge is 2.35. The highest BCUT2D eigenvalue weighted by molar-refractivity contribution is 7.75. The first kappa shape index (κ1) is 35.3. The molecule has 0 saturated carbocycles. The number of esters is 1. The van der Waals surface area contributed by atoms with Crippen molar-refractivity contribution in [3.8, 4) is 0 Å². The van der Waals surface area contributed by atoms with E-state index in [1.807, 2.05) is 0 Å². The number of hydrogen-bond donors (Lipinski definition) is 0. The SMILES string of the molecule is C=CC(=O)OCC[P+](CCCCCCCC)(CCCCCCCC)CCCCCCCC.[Br-]. The molecule has 4 heteroatoms. The third-order valence-corrected chi connectivity index (χ3v) is 11.9. The number of halogens is 1. The molecule has 0 heterocycles. The van der Waals surface area contributed by atoms with E-state index < -0.39 is 7.26 Å². The zero-order chi connectivity index (χ0) is 23.8. The van der Waals surface area contributed by atoms with Gasteiger partial charge in [-0.25, -0.2) is 4.79 Å². The van der Waals surface area contributed by atoms with Crippen molar-refractivity contribution >= 4 is 13.2 Å². The van der Waals surface area contributed by atoms with Crippen LogP contribution in [0.3, 0.4) is 0 Å². The fraction of sp³-hybridized carbons (Fsp3) is 0.897. The molecule has 0 aliphatic rings. The molecule has 0 aromatic carbocycles. The summed E-state index contributed by atoms with van der Waals surface area (Å²) >= 11 is 0. The highest BCUT2D eigenvalue weighted by Crippen LogP contribution is 2.60. The molecular weight excluding hydrogens is 491 g/mol. The minimum absolute atomic E-state index is 0. The molecule has 0 aromatic rings. The number of carbonyl (C=O) groups excluding carboxylic acids is 1. The van der Waals surface area contributed by atoms with Crippen molar-refractivity contribution in [2.24, 2.45) is 0 Å². The third-order valence-electron chi connectivity index (χ3n) is 6.93. The van der Waals surface area contributed by atoms with E-state index in [1.165, 1.54) is 140 Å². The van der Waals surface area contributed by atoms with E-state index >= 15 is 0 Å². The fourth-order valence-corrected chi connectivity index (χ4v) is 9.26. The molecule has 0 fully saturated rings. The molecule has 0 aromatic heterocycles. The smallest absolute Gasteiger partial charge is 0.330 e. The predicted octanol–water partition coefficient (Wildman–Crippen LogP) is 6.82. The van der Waals surface area contributed by atoms with E-state index in [1.54, 1.807) is 0 Å². The molecule has 2 nitrogen and oxygen atoms in total. The number of carbonyl (C=O) groups is 1. The van der Waals surface area contributed by atoms with Gasteiger partial charge in [0.05, 0.1) is 24.6 Å². The predicted molar refractivity (Wildman–Crippen MR) is 148 cm³/mol. The molecule has 0 N–H and O–H groups in total. The van der Waals surface area contributed by atoms with Crippen LogP contribution in [-0.2, 0) is 9.53 Å². The minimum Gasteiger partial charge on any atom is -1.00 e. The Hall–Kier alpha value is 0.120. The molecule has 198 valence electrons. The van der Waals surface area contributed by atoms with E-state index in [4.69, 9.17) is 4.74 Å². The standard InChI is InChI=1S/C29H58O2P.BrH/c1-5-9-12-15-18-21-25-32(28-24-31-29(30)8-4,26-22-19-16-13-10-6-2)27-23-20-17-14-11-7-3;/h8H,4-7,9-28H2,1-3H3;1H/q+1;/p-1. The Morgan fingerprint density at radius 1 is 0.606 bits per heavy atom. The Balaban J connectivity index is 0. The molecule has 0 unspecified atom stereocenters. The summed E-state index contributed by atoms with van der Waals surface area (Å²) in [6.07, 6.45) is 31.6. The Kier molecular flexibility index (Phi) is 28.6. The first-order chi connectivity index (χ1) is 15.6. The summed E-state index contributed by atoms with van der Waals surface area (Å²) in [5.41, 5.74) is 0. The Bertz CT molecular complexity index is 387. The van der Waals surface area contributed by atoms with E-state index in [0.717, 1.165) is 6.16 Å². The van der Waals surface area contributed by atoms with Gasteiger partial charge < -0.3 is 21.7 Å². The number of hydrogen-bond acceptors (Lipinski definition) is 2. The van der Waals surface area contributed by atoms with Crippen molar-refractivity contribution in [3.63, 3.8) is 0 Å². The summed E-state index contributed by atoms with van der Waals surface area (Å²) in [5, 5.41) is 0. The lowest BCUT2D eigenvalue weighted by Crippen LogP contribution is -3.00. The molecule has 0 bridgehead atoms. The summed E-state index contributed by atoms with van der Waals surface area (Å²) < 4.78 is 5.50. The van der Waals surface area contributed by atoms with Gasteiger partial charge in [-0.15, -0.1) is 0 Å². The number of rotatable bonds is 25. The zero-order valence-electron chi connectivity index (χ0n) is 22.7. The third kappa shape index (κ3) is 22.3. The van der Waals surface area contributed by atoms with Crippen LogP contribution in [0.2, 0.25) is 0 Å². The van der Waals surface area contributed by atoms with Gasteiger partial charge in [-0.05, 0) is 38.5 Å². The van der Waals surface area contributed by atoms with Crippen LogP contribution in [0.15, 0.2) is 12.7 Å². The molecule has 0 amide bonds. The van der Waals surface area contributed by atoms with Crippen LogP contribution >= 0.6 is 7.26 Å². The maximum Gasteiger partial charge on any atom is 0.330 e. The zero-order valence-corrected chi connectivity index (χ0v) is 25.2. The molecule has 0 aliphatic heterocycles. The van der Waals surface area contributed by atoms with Crippen molar-refractivity contribution in [1.82, 2.24) is 0 Å². The van der Waals surface area contributed by atoms with Gasteiger partial charge in [0.15, 0.2) is 0 Å². The summed E-state index contributed by atoms with van der Waals surface area (Å²) in [6.45, 7) is 11.1. The van der Waals surface area contributed by atoms with Gasteiger partial charge >= 0.3 is 5.97 Å². The molecule has 0 atom stereocenters. The van der Waals surface area contributed by atoms with Crippen molar-refractivity contribution in [1.29, 1.82) is 0 Å². The largest absolute Gasteiger partial charge is 1.00 e.